The Morgan fingerprint density at radius 3 is 2.46 bits per heavy atom. The number of aryl methyl sites for hydroxylation is 1. The topological polar surface area (TPSA) is 49.8 Å². The molecule has 28 heavy (non-hydrogen) atoms. The summed E-state index contributed by atoms with van der Waals surface area (Å²) in [7, 11) is 0. The normalized spacial score (nSPS) is 14.6. The molecule has 1 heterocycles. The van der Waals surface area contributed by atoms with E-state index in [9.17, 15) is 4.39 Å². The Balaban J connectivity index is 1.66. The summed E-state index contributed by atoms with van der Waals surface area (Å²) < 4.78 is 13.4. The molecule has 0 aliphatic heterocycles. The Hall–Kier alpha value is -2.95. The van der Waals surface area contributed by atoms with E-state index in [4.69, 9.17) is 4.98 Å². The zero-order valence-corrected chi connectivity index (χ0v) is 16.1. The first kappa shape index (κ1) is 18.4. The first-order chi connectivity index (χ1) is 13.7. The fraction of sp³-hybridized carbons (Fsp3) is 0.304. The standard InChI is InChI=1S/C23H25FN4/c1-16-14-18(24)12-13-20(16)26-22-15-21(17-8-4-2-5-9-17)27-23(28-22)25-19-10-6-3-7-11-19/h2,4-5,8-9,12-15,19H,3,6-7,10-11H2,1H3,(H2,25,26,27,28). The van der Waals surface area contributed by atoms with Gasteiger partial charge in [-0.05, 0) is 43.5 Å². The Labute approximate surface area is 165 Å². The van der Waals surface area contributed by atoms with Crippen molar-refractivity contribution in [3.63, 3.8) is 0 Å². The molecule has 2 aromatic carbocycles. The highest BCUT2D eigenvalue weighted by Crippen LogP contribution is 2.27. The average molecular weight is 376 g/mol. The summed E-state index contributed by atoms with van der Waals surface area (Å²) in [4.78, 5) is 9.44. The van der Waals surface area contributed by atoms with E-state index in [1.54, 1.807) is 6.07 Å². The maximum absolute atomic E-state index is 13.4. The number of aromatic nitrogens is 2. The van der Waals surface area contributed by atoms with Gasteiger partial charge in [0.1, 0.15) is 11.6 Å². The second-order valence-electron chi connectivity index (χ2n) is 7.39. The van der Waals surface area contributed by atoms with Crippen LogP contribution in [-0.4, -0.2) is 16.0 Å². The Morgan fingerprint density at radius 2 is 1.71 bits per heavy atom. The molecule has 0 amide bonds. The van der Waals surface area contributed by atoms with Crippen molar-refractivity contribution in [1.82, 2.24) is 9.97 Å². The van der Waals surface area contributed by atoms with E-state index in [2.05, 4.69) is 15.6 Å². The predicted molar refractivity (Wildman–Crippen MR) is 112 cm³/mol. The van der Waals surface area contributed by atoms with Crippen molar-refractivity contribution >= 4 is 17.5 Å². The van der Waals surface area contributed by atoms with Crippen molar-refractivity contribution in [3.05, 3.63) is 66.0 Å². The molecule has 1 aliphatic carbocycles. The van der Waals surface area contributed by atoms with Crippen molar-refractivity contribution in [3.8, 4) is 11.3 Å². The SMILES string of the molecule is Cc1cc(F)ccc1Nc1cc(-c2ccccc2)nc(NC2CCCCC2)n1. The molecule has 1 aliphatic rings. The third-order valence-corrected chi connectivity index (χ3v) is 5.19. The molecule has 3 aromatic rings. The number of nitrogens with one attached hydrogen (secondary N) is 2. The van der Waals surface area contributed by atoms with Gasteiger partial charge in [0.2, 0.25) is 5.95 Å². The molecule has 0 spiro atoms. The molecule has 1 saturated carbocycles. The second-order valence-corrected chi connectivity index (χ2v) is 7.39. The van der Waals surface area contributed by atoms with Gasteiger partial charge in [-0.3, -0.25) is 0 Å². The van der Waals surface area contributed by atoms with Gasteiger partial charge in [0.25, 0.3) is 0 Å². The van der Waals surface area contributed by atoms with E-state index in [-0.39, 0.29) is 5.82 Å². The van der Waals surface area contributed by atoms with Crippen molar-refractivity contribution in [2.75, 3.05) is 10.6 Å². The lowest BCUT2D eigenvalue weighted by Gasteiger charge is -2.23. The maximum atomic E-state index is 13.4. The van der Waals surface area contributed by atoms with Gasteiger partial charge in [0.15, 0.2) is 0 Å². The fourth-order valence-electron chi connectivity index (χ4n) is 3.67. The first-order valence-electron chi connectivity index (χ1n) is 9.91. The minimum absolute atomic E-state index is 0.240. The van der Waals surface area contributed by atoms with Crippen molar-refractivity contribution in [2.45, 2.75) is 45.1 Å². The zero-order valence-electron chi connectivity index (χ0n) is 16.1. The molecular formula is C23H25FN4. The van der Waals surface area contributed by atoms with Crippen molar-refractivity contribution < 1.29 is 4.39 Å². The quantitative estimate of drug-likeness (QED) is 0.567. The number of hydrogen-bond acceptors (Lipinski definition) is 4. The third kappa shape index (κ3) is 4.47. The largest absolute Gasteiger partial charge is 0.351 e. The lowest BCUT2D eigenvalue weighted by molar-refractivity contribution is 0.461. The van der Waals surface area contributed by atoms with Crippen molar-refractivity contribution in [2.24, 2.45) is 0 Å². The molecule has 4 rings (SSSR count). The summed E-state index contributed by atoms with van der Waals surface area (Å²) in [5.41, 5.74) is 3.57. The zero-order chi connectivity index (χ0) is 19.3. The summed E-state index contributed by atoms with van der Waals surface area (Å²) in [6.45, 7) is 1.88. The van der Waals surface area contributed by atoms with Crippen LogP contribution in [0.2, 0.25) is 0 Å². The molecule has 1 aromatic heterocycles. The predicted octanol–water partition coefficient (Wildman–Crippen LogP) is 6.08. The number of anilines is 3. The summed E-state index contributed by atoms with van der Waals surface area (Å²) in [5, 5.41) is 6.85. The fourth-order valence-corrected chi connectivity index (χ4v) is 3.67. The van der Waals surface area contributed by atoms with Crippen LogP contribution in [0.15, 0.2) is 54.6 Å². The molecule has 0 bridgehead atoms. The van der Waals surface area contributed by atoms with E-state index < -0.39 is 0 Å². The van der Waals surface area contributed by atoms with Gasteiger partial charge >= 0.3 is 0 Å². The Bertz CT molecular complexity index is 937. The van der Waals surface area contributed by atoms with Gasteiger partial charge in [0.05, 0.1) is 5.69 Å². The number of hydrogen-bond donors (Lipinski definition) is 2. The van der Waals surface area contributed by atoms with Crippen LogP contribution >= 0.6 is 0 Å². The highest BCUT2D eigenvalue weighted by atomic mass is 19.1. The molecule has 0 unspecified atom stereocenters. The van der Waals surface area contributed by atoms with E-state index in [0.29, 0.717) is 17.8 Å². The van der Waals surface area contributed by atoms with Crippen LogP contribution < -0.4 is 10.6 Å². The van der Waals surface area contributed by atoms with E-state index in [1.165, 1.54) is 31.4 Å². The molecule has 0 atom stereocenters. The number of halogens is 1. The van der Waals surface area contributed by atoms with Crippen LogP contribution in [-0.2, 0) is 0 Å². The van der Waals surface area contributed by atoms with E-state index >= 15 is 0 Å². The van der Waals surface area contributed by atoms with Gasteiger partial charge in [-0.25, -0.2) is 9.37 Å². The third-order valence-electron chi connectivity index (χ3n) is 5.19. The van der Waals surface area contributed by atoms with Crippen LogP contribution in [0.1, 0.15) is 37.7 Å². The van der Waals surface area contributed by atoms with Crippen molar-refractivity contribution in [1.29, 1.82) is 0 Å². The minimum atomic E-state index is -0.240. The summed E-state index contributed by atoms with van der Waals surface area (Å²) in [6, 6.07) is 17.1. The molecule has 2 N–H and O–H groups in total. The van der Waals surface area contributed by atoms with Crippen LogP contribution in [0.3, 0.4) is 0 Å². The molecule has 144 valence electrons. The molecule has 0 radical (unpaired) electrons. The van der Waals surface area contributed by atoms with Crippen LogP contribution in [0, 0.1) is 12.7 Å². The van der Waals surface area contributed by atoms with Gasteiger partial charge in [0, 0.05) is 23.4 Å². The number of rotatable bonds is 5. The van der Waals surface area contributed by atoms with E-state index in [0.717, 1.165) is 35.3 Å². The van der Waals surface area contributed by atoms with E-state index in [1.807, 2.05) is 43.3 Å². The summed E-state index contributed by atoms with van der Waals surface area (Å²) in [6.07, 6.45) is 6.10. The van der Waals surface area contributed by atoms with Gasteiger partial charge in [-0.2, -0.15) is 4.98 Å². The number of benzene rings is 2. The Kier molecular flexibility index (Phi) is 5.51. The molecule has 0 saturated heterocycles. The molecule has 4 nitrogen and oxygen atoms in total. The van der Waals surface area contributed by atoms with Crippen LogP contribution in [0.5, 0.6) is 0 Å². The molecule has 1 fully saturated rings. The molecule has 5 heteroatoms. The van der Waals surface area contributed by atoms with Gasteiger partial charge < -0.3 is 10.6 Å². The van der Waals surface area contributed by atoms with Gasteiger partial charge in [-0.1, -0.05) is 49.6 Å². The van der Waals surface area contributed by atoms with Gasteiger partial charge in [-0.15, -0.1) is 0 Å². The number of nitrogens with zero attached hydrogens (tertiary/aromatic N) is 2. The monoisotopic (exact) mass is 376 g/mol. The summed E-state index contributed by atoms with van der Waals surface area (Å²) >= 11 is 0. The lowest BCUT2D eigenvalue weighted by Crippen LogP contribution is -2.23. The second kappa shape index (κ2) is 8.38. The molecular weight excluding hydrogens is 351 g/mol. The smallest absolute Gasteiger partial charge is 0.225 e. The van der Waals surface area contributed by atoms with Crippen LogP contribution in [0.4, 0.5) is 21.8 Å². The minimum Gasteiger partial charge on any atom is -0.351 e. The highest BCUT2D eigenvalue weighted by Gasteiger charge is 2.16. The first-order valence-corrected chi connectivity index (χ1v) is 9.91. The maximum Gasteiger partial charge on any atom is 0.225 e. The Morgan fingerprint density at radius 1 is 0.929 bits per heavy atom. The van der Waals surface area contributed by atoms with Crippen LogP contribution in [0.25, 0.3) is 11.3 Å². The summed E-state index contributed by atoms with van der Waals surface area (Å²) in [5.74, 6) is 1.09. The average Bonchev–Trinajstić information content (AvgIpc) is 2.71. The highest BCUT2D eigenvalue weighted by molar-refractivity contribution is 5.68. The lowest BCUT2D eigenvalue weighted by atomic mass is 9.96.